The van der Waals surface area contributed by atoms with Crippen molar-refractivity contribution in [3.63, 3.8) is 0 Å². The molecule has 0 aromatic heterocycles. The van der Waals surface area contributed by atoms with Gasteiger partial charge in [0.25, 0.3) is 0 Å². The van der Waals surface area contributed by atoms with Crippen LogP contribution in [0, 0.1) is 30.1 Å². The third kappa shape index (κ3) is 2.61. The molecule has 5 fully saturated rings. The van der Waals surface area contributed by atoms with Gasteiger partial charge in [-0.2, -0.15) is 0 Å². The number of halogens is 1. The Morgan fingerprint density at radius 2 is 1.75 bits per heavy atom. The number of aryl methyl sites for hydroxylation is 1. The van der Waals surface area contributed by atoms with Crippen LogP contribution < -0.4 is 22.2 Å². The monoisotopic (exact) mass is 400 g/mol. The maximum atomic E-state index is 14.2. The fourth-order valence-electron chi connectivity index (χ4n) is 8.09. The molecule has 1 amide bonds. The van der Waals surface area contributed by atoms with E-state index in [1.54, 1.807) is 4.90 Å². The summed E-state index contributed by atoms with van der Waals surface area (Å²) in [5.74, 6) is 3.54. The second kappa shape index (κ2) is 6.47. The van der Waals surface area contributed by atoms with Crippen molar-refractivity contribution in [2.45, 2.75) is 63.8 Å². The number of hydrogen-bond acceptors (Lipinski definition) is 1. The minimum atomic E-state index is -0.0258. The fourth-order valence-corrected chi connectivity index (χ4v) is 8.09. The number of carbonyl (C=O) groups is 1. The molecule has 1 N–H and O–H groups in total. The van der Waals surface area contributed by atoms with E-state index >= 15 is 0 Å². The largest absolute Gasteiger partial charge is 1.00 e. The van der Waals surface area contributed by atoms with Gasteiger partial charge in [0, 0.05) is 12.1 Å². The van der Waals surface area contributed by atoms with E-state index < -0.39 is 0 Å². The molecule has 1 saturated heterocycles. The van der Waals surface area contributed by atoms with E-state index in [0.717, 1.165) is 24.2 Å². The number of amides is 1. The minimum Gasteiger partial charge on any atom is -1.00 e. The van der Waals surface area contributed by atoms with Crippen LogP contribution in [0.25, 0.3) is 0 Å². The molecule has 4 heteroatoms. The van der Waals surface area contributed by atoms with Crippen LogP contribution in [0.15, 0.2) is 18.2 Å². The molecule has 1 aromatic carbocycles. The predicted octanol–water partition coefficient (Wildman–Crippen LogP) is -0.0674. The van der Waals surface area contributed by atoms with Crippen LogP contribution in [0.3, 0.4) is 0 Å². The van der Waals surface area contributed by atoms with Crippen molar-refractivity contribution in [2.24, 2.45) is 23.2 Å². The summed E-state index contributed by atoms with van der Waals surface area (Å²) in [5, 5.41) is 0. The van der Waals surface area contributed by atoms with Gasteiger partial charge in [-0.05, 0) is 74.8 Å². The van der Waals surface area contributed by atoms with Crippen molar-refractivity contribution in [3.05, 3.63) is 29.3 Å². The molecule has 152 valence electrons. The second-order valence-corrected chi connectivity index (χ2v) is 10.8. The summed E-state index contributed by atoms with van der Waals surface area (Å²) in [5.41, 5.74) is 4.02. The highest BCUT2D eigenvalue weighted by Gasteiger charge is 2.58. The number of fused-ring (bicyclic) bond motifs is 3. The van der Waals surface area contributed by atoms with E-state index in [1.807, 2.05) is 0 Å². The number of likely N-dealkylation sites (tertiary alicyclic amines) is 1. The Hall–Kier alpha value is -1.06. The summed E-state index contributed by atoms with van der Waals surface area (Å²) < 4.78 is 0. The van der Waals surface area contributed by atoms with Gasteiger partial charge in [-0.25, -0.2) is 0 Å². The third-order valence-corrected chi connectivity index (χ3v) is 8.78. The summed E-state index contributed by atoms with van der Waals surface area (Å²) in [7, 11) is 2.31. The maximum Gasteiger partial charge on any atom is 0.233 e. The average molecular weight is 401 g/mol. The first-order chi connectivity index (χ1) is 13.0. The number of carbonyl (C=O) groups excluding carboxylic acids is 1. The van der Waals surface area contributed by atoms with Crippen LogP contribution in [0.2, 0.25) is 0 Å². The summed E-state index contributed by atoms with van der Waals surface area (Å²) in [6, 6.07) is 7.26. The molecule has 7 rings (SSSR count). The molecular weight excluding hydrogens is 368 g/mol. The molecule has 1 aromatic rings. The molecule has 3 nitrogen and oxygen atoms in total. The highest BCUT2D eigenvalue weighted by Crippen LogP contribution is 2.61. The quantitative estimate of drug-likeness (QED) is 0.701. The molecule has 28 heavy (non-hydrogen) atoms. The lowest BCUT2D eigenvalue weighted by atomic mass is 9.49. The highest BCUT2D eigenvalue weighted by molar-refractivity contribution is 6.01. The zero-order valence-electron chi connectivity index (χ0n) is 17.2. The van der Waals surface area contributed by atoms with Gasteiger partial charge in [-0.3, -0.25) is 4.79 Å². The van der Waals surface area contributed by atoms with E-state index in [2.05, 4.69) is 37.1 Å². The Balaban J connectivity index is 0.00000171. The number of benzene rings is 1. The smallest absolute Gasteiger partial charge is 0.233 e. The molecule has 1 unspecified atom stereocenters. The van der Waals surface area contributed by atoms with Crippen molar-refractivity contribution in [1.82, 2.24) is 0 Å². The lowest BCUT2D eigenvalue weighted by Gasteiger charge is -2.57. The Labute approximate surface area is 175 Å². The van der Waals surface area contributed by atoms with E-state index in [4.69, 9.17) is 0 Å². The fraction of sp³-hybridized carbons (Fsp3) is 0.708. The molecule has 0 spiro atoms. The molecule has 4 aliphatic carbocycles. The average Bonchev–Trinajstić information content (AvgIpc) is 2.93. The van der Waals surface area contributed by atoms with Crippen molar-refractivity contribution in [2.75, 3.05) is 25.0 Å². The first-order valence-corrected chi connectivity index (χ1v) is 11.3. The van der Waals surface area contributed by atoms with Gasteiger partial charge in [0.15, 0.2) is 0 Å². The van der Waals surface area contributed by atoms with Gasteiger partial charge in [0.1, 0.15) is 0 Å². The maximum absolute atomic E-state index is 14.2. The number of likely N-dealkylation sites (N-methyl/N-ethyl adjacent to an activating group) is 1. The number of rotatable bonds is 1. The number of piperidine rings is 1. The third-order valence-electron chi connectivity index (χ3n) is 8.78. The molecule has 0 radical (unpaired) electrons. The summed E-state index contributed by atoms with van der Waals surface area (Å²) in [6.07, 6.45) is 8.91. The van der Waals surface area contributed by atoms with Crippen LogP contribution in [0.5, 0.6) is 0 Å². The van der Waals surface area contributed by atoms with Crippen molar-refractivity contribution >= 4 is 11.6 Å². The number of nitrogens with zero attached hydrogens (tertiary/aromatic N) is 1. The Morgan fingerprint density at radius 1 is 1.11 bits per heavy atom. The molecule has 6 aliphatic rings. The van der Waals surface area contributed by atoms with Crippen LogP contribution >= 0.6 is 0 Å². The summed E-state index contributed by atoms with van der Waals surface area (Å²) >= 11 is 0. The van der Waals surface area contributed by atoms with Gasteiger partial charge in [0.2, 0.25) is 5.91 Å². The van der Waals surface area contributed by atoms with Crippen molar-refractivity contribution in [3.8, 4) is 0 Å². The first kappa shape index (κ1) is 18.9. The van der Waals surface area contributed by atoms with Gasteiger partial charge in [-0.15, -0.1) is 0 Å². The van der Waals surface area contributed by atoms with Gasteiger partial charge < -0.3 is 22.2 Å². The predicted molar refractivity (Wildman–Crippen MR) is 107 cm³/mol. The Morgan fingerprint density at radius 3 is 2.39 bits per heavy atom. The van der Waals surface area contributed by atoms with Gasteiger partial charge >= 0.3 is 0 Å². The number of hydrogen-bond donors (Lipinski definition) is 1. The topological polar surface area (TPSA) is 24.8 Å². The minimum absolute atomic E-state index is 0. The lowest BCUT2D eigenvalue weighted by molar-refractivity contribution is -0.886. The van der Waals surface area contributed by atoms with Crippen LogP contribution in [0.4, 0.5) is 5.69 Å². The highest BCUT2D eigenvalue weighted by atomic mass is 35.5. The van der Waals surface area contributed by atoms with Gasteiger partial charge in [-0.1, -0.05) is 17.7 Å². The Bertz CT molecular complexity index is 771. The molecule has 4 saturated carbocycles. The van der Waals surface area contributed by atoms with Crippen LogP contribution in [-0.2, 0) is 4.79 Å². The first-order valence-electron chi connectivity index (χ1n) is 11.3. The van der Waals surface area contributed by atoms with Crippen LogP contribution in [-0.4, -0.2) is 32.1 Å². The second-order valence-electron chi connectivity index (χ2n) is 10.8. The van der Waals surface area contributed by atoms with Gasteiger partial charge in [0.05, 0.1) is 37.5 Å². The lowest BCUT2D eigenvalue weighted by Crippen LogP contribution is -3.11. The van der Waals surface area contributed by atoms with Crippen molar-refractivity contribution in [1.29, 1.82) is 0 Å². The Kier molecular flexibility index (Phi) is 4.38. The molecule has 4 bridgehead atoms. The van der Waals surface area contributed by atoms with E-state index in [-0.39, 0.29) is 17.8 Å². The standard InChI is InChI=1S/C24H32N2O.ClH/c1-15-3-4-21-19(7-15)20-14-25(2)6-5-22(20)26(21)23(27)24-11-16-8-17(12-24)10-18(9-16)13-24;/h3-4,7,16-18,20,22H,5-6,8-14H2,1-2H3;1H/t16?,17?,18?,20-,22-,24?;/m0./s1. The number of quaternary nitrogens is 1. The molecular formula is C24H33ClN2O. The van der Waals surface area contributed by atoms with E-state index in [0.29, 0.717) is 17.9 Å². The zero-order chi connectivity index (χ0) is 18.3. The molecule has 2 heterocycles. The SMILES string of the molecule is Cc1ccc2c(c1)[C@@H]1C[NH+](C)CC[C@@H]1N2C(=O)C12CC3CC(CC(C3)C1)C2.[Cl-]. The number of nitrogens with one attached hydrogen (secondary N) is 1. The summed E-state index contributed by atoms with van der Waals surface area (Å²) in [6.45, 7) is 4.56. The van der Waals surface area contributed by atoms with Crippen LogP contribution in [0.1, 0.15) is 62.0 Å². The molecule has 3 atom stereocenters. The summed E-state index contributed by atoms with van der Waals surface area (Å²) in [4.78, 5) is 18.2. The number of anilines is 1. The van der Waals surface area contributed by atoms with E-state index in [9.17, 15) is 4.79 Å². The normalized spacial score (nSPS) is 42.7. The van der Waals surface area contributed by atoms with Crippen molar-refractivity contribution < 1.29 is 22.1 Å². The zero-order valence-corrected chi connectivity index (χ0v) is 18.0. The van der Waals surface area contributed by atoms with E-state index in [1.165, 1.54) is 68.4 Å². The molecule has 2 aliphatic heterocycles.